The van der Waals surface area contributed by atoms with E-state index in [2.05, 4.69) is 14.9 Å². The lowest BCUT2D eigenvalue weighted by Crippen LogP contribution is -2.33. The molecule has 0 saturated carbocycles. The third kappa shape index (κ3) is 5.02. The summed E-state index contributed by atoms with van der Waals surface area (Å²) in [4.78, 5) is 14.1. The number of nitrogens with zero attached hydrogens (tertiary/aromatic N) is 1. The molecule has 6 nitrogen and oxygen atoms in total. The maximum atomic E-state index is 11.8. The van der Waals surface area contributed by atoms with Crippen LogP contribution in [0.5, 0.6) is 0 Å². The third-order valence-electron chi connectivity index (χ3n) is 3.37. The Kier molecular flexibility index (Phi) is 5.19. The molecule has 0 unspecified atom stereocenters. The molecule has 1 saturated heterocycles. The molecule has 0 atom stereocenters. The lowest BCUT2D eigenvalue weighted by molar-refractivity contribution is -0.115. The summed E-state index contributed by atoms with van der Waals surface area (Å²) in [7, 11) is -3.36. The fourth-order valence-corrected chi connectivity index (χ4v) is 2.77. The molecule has 1 aromatic carbocycles. The number of carbonyl (C=O) groups excluding carboxylic acids is 1. The molecule has 0 aromatic heterocycles. The van der Waals surface area contributed by atoms with Gasteiger partial charge in [-0.3, -0.25) is 4.79 Å². The average molecular weight is 311 g/mol. The van der Waals surface area contributed by atoms with Gasteiger partial charge in [-0.05, 0) is 31.4 Å². The van der Waals surface area contributed by atoms with E-state index in [1.54, 1.807) is 0 Å². The summed E-state index contributed by atoms with van der Waals surface area (Å²) in [6.07, 6.45) is 4.57. The van der Waals surface area contributed by atoms with Crippen LogP contribution >= 0.6 is 0 Å². The molecule has 1 aromatic rings. The summed E-state index contributed by atoms with van der Waals surface area (Å²) in [6, 6.07) is 7.61. The Hall–Kier alpha value is -1.60. The van der Waals surface area contributed by atoms with Crippen molar-refractivity contribution in [1.29, 1.82) is 0 Å². The number of anilines is 2. The molecule has 0 radical (unpaired) electrons. The highest BCUT2D eigenvalue weighted by Gasteiger charge is 2.15. The first-order valence-corrected chi connectivity index (χ1v) is 8.93. The number of hydrogen-bond donors (Lipinski definition) is 2. The highest BCUT2D eigenvalue weighted by Crippen LogP contribution is 2.28. The number of rotatable bonds is 5. The number of hydrogen-bond acceptors (Lipinski definition) is 4. The van der Waals surface area contributed by atoms with Gasteiger partial charge in [0.2, 0.25) is 15.9 Å². The Bertz CT molecular complexity index is 595. The summed E-state index contributed by atoms with van der Waals surface area (Å²) in [5.41, 5.74) is 1.71. The van der Waals surface area contributed by atoms with Crippen LogP contribution in [0, 0.1) is 0 Å². The number of piperidine rings is 1. The Morgan fingerprint density at radius 2 is 1.86 bits per heavy atom. The van der Waals surface area contributed by atoms with E-state index in [0.29, 0.717) is 0 Å². The largest absolute Gasteiger partial charge is 0.370 e. The van der Waals surface area contributed by atoms with Gasteiger partial charge in [-0.15, -0.1) is 0 Å². The van der Waals surface area contributed by atoms with Gasteiger partial charge in [0.05, 0.1) is 24.2 Å². The van der Waals surface area contributed by atoms with Crippen molar-refractivity contribution in [3.63, 3.8) is 0 Å². The van der Waals surface area contributed by atoms with Crippen molar-refractivity contribution in [2.75, 3.05) is 36.1 Å². The number of para-hydroxylation sites is 2. The summed E-state index contributed by atoms with van der Waals surface area (Å²) < 4.78 is 24.2. The summed E-state index contributed by atoms with van der Waals surface area (Å²) in [5.74, 6) is -0.370. The highest BCUT2D eigenvalue weighted by molar-refractivity contribution is 7.88. The summed E-state index contributed by atoms with van der Waals surface area (Å²) >= 11 is 0. The predicted molar refractivity (Wildman–Crippen MR) is 84.0 cm³/mol. The van der Waals surface area contributed by atoms with Crippen LogP contribution in [0.3, 0.4) is 0 Å². The molecule has 2 rings (SSSR count). The first-order valence-electron chi connectivity index (χ1n) is 7.04. The third-order valence-corrected chi connectivity index (χ3v) is 4.04. The predicted octanol–water partition coefficient (Wildman–Crippen LogP) is 1.16. The molecule has 1 fully saturated rings. The number of sulfonamides is 1. The topological polar surface area (TPSA) is 78.5 Å². The second kappa shape index (κ2) is 6.91. The second-order valence-electron chi connectivity index (χ2n) is 5.21. The van der Waals surface area contributed by atoms with Crippen molar-refractivity contribution in [3.8, 4) is 0 Å². The Morgan fingerprint density at radius 3 is 2.52 bits per heavy atom. The van der Waals surface area contributed by atoms with Crippen LogP contribution < -0.4 is 14.9 Å². The van der Waals surface area contributed by atoms with E-state index in [1.807, 2.05) is 24.3 Å². The first kappa shape index (κ1) is 15.8. The van der Waals surface area contributed by atoms with E-state index < -0.39 is 10.0 Å². The number of benzene rings is 1. The smallest absolute Gasteiger partial charge is 0.239 e. The monoisotopic (exact) mass is 311 g/mol. The molecule has 2 N–H and O–H groups in total. The zero-order valence-corrected chi connectivity index (χ0v) is 12.9. The van der Waals surface area contributed by atoms with Gasteiger partial charge in [0, 0.05) is 13.1 Å². The first-order chi connectivity index (χ1) is 9.96. The molecule has 0 spiro atoms. The lowest BCUT2D eigenvalue weighted by Gasteiger charge is -2.30. The van der Waals surface area contributed by atoms with Crippen LogP contribution in [0.2, 0.25) is 0 Å². The van der Waals surface area contributed by atoms with Gasteiger partial charge in [0.15, 0.2) is 0 Å². The number of carbonyl (C=O) groups is 1. The van der Waals surface area contributed by atoms with Crippen LogP contribution in [0.4, 0.5) is 11.4 Å². The quantitative estimate of drug-likeness (QED) is 0.855. The van der Waals surface area contributed by atoms with E-state index in [4.69, 9.17) is 0 Å². The maximum Gasteiger partial charge on any atom is 0.239 e. The molecule has 0 bridgehead atoms. The van der Waals surface area contributed by atoms with Crippen molar-refractivity contribution in [1.82, 2.24) is 4.72 Å². The zero-order chi connectivity index (χ0) is 15.3. The van der Waals surface area contributed by atoms with E-state index in [9.17, 15) is 13.2 Å². The number of nitrogens with one attached hydrogen (secondary N) is 2. The molecule has 1 amide bonds. The second-order valence-corrected chi connectivity index (χ2v) is 7.04. The van der Waals surface area contributed by atoms with E-state index in [0.717, 1.165) is 43.6 Å². The molecule has 116 valence electrons. The van der Waals surface area contributed by atoms with Gasteiger partial charge in [-0.2, -0.15) is 0 Å². The molecule has 1 aliphatic rings. The van der Waals surface area contributed by atoms with Gasteiger partial charge in [0.25, 0.3) is 0 Å². The van der Waals surface area contributed by atoms with Crippen LogP contribution in [-0.4, -0.2) is 40.2 Å². The Morgan fingerprint density at radius 1 is 1.19 bits per heavy atom. The van der Waals surface area contributed by atoms with Gasteiger partial charge < -0.3 is 10.2 Å². The van der Waals surface area contributed by atoms with Crippen LogP contribution in [0.15, 0.2) is 24.3 Å². The summed E-state index contributed by atoms with van der Waals surface area (Å²) in [5, 5.41) is 2.77. The van der Waals surface area contributed by atoms with Gasteiger partial charge in [-0.25, -0.2) is 13.1 Å². The highest BCUT2D eigenvalue weighted by atomic mass is 32.2. The van der Waals surface area contributed by atoms with Crippen molar-refractivity contribution in [2.45, 2.75) is 19.3 Å². The minimum atomic E-state index is -3.36. The van der Waals surface area contributed by atoms with Crippen molar-refractivity contribution < 1.29 is 13.2 Å². The van der Waals surface area contributed by atoms with Crippen LogP contribution in [0.1, 0.15) is 19.3 Å². The molecule has 1 heterocycles. The maximum absolute atomic E-state index is 11.8. The Balaban J connectivity index is 2.04. The van der Waals surface area contributed by atoms with Crippen LogP contribution in [-0.2, 0) is 14.8 Å². The van der Waals surface area contributed by atoms with E-state index in [1.165, 1.54) is 6.42 Å². The van der Waals surface area contributed by atoms with Gasteiger partial charge in [-0.1, -0.05) is 12.1 Å². The fourth-order valence-electron chi connectivity index (χ4n) is 2.38. The standard InChI is InChI=1S/C14H21N3O3S/c1-21(19,20)15-11-14(18)16-12-7-3-4-8-13(12)17-9-5-2-6-10-17/h3-4,7-8,15H,2,5-6,9-11H2,1H3,(H,16,18). The fraction of sp³-hybridized carbons (Fsp3) is 0.500. The van der Waals surface area contributed by atoms with Crippen LogP contribution in [0.25, 0.3) is 0 Å². The number of amides is 1. The molecule has 0 aliphatic carbocycles. The SMILES string of the molecule is CS(=O)(=O)NCC(=O)Nc1ccccc1N1CCCCC1. The Labute approximate surface area is 125 Å². The van der Waals surface area contributed by atoms with Gasteiger partial charge >= 0.3 is 0 Å². The van der Waals surface area contributed by atoms with E-state index in [-0.39, 0.29) is 12.5 Å². The lowest BCUT2D eigenvalue weighted by atomic mass is 10.1. The molecular formula is C14H21N3O3S. The van der Waals surface area contributed by atoms with E-state index >= 15 is 0 Å². The molecular weight excluding hydrogens is 290 g/mol. The minimum Gasteiger partial charge on any atom is -0.370 e. The van der Waals surface area contributed by atoms with Crippen molar-refractivity contribution in [2.24, 2.45) is 0 Å². The summed E-state index contributed by atoms with van der Waals surface area (Å²) in [6.45, 7) is 1.70. The molecule has 1 aliphatic heterocycles. The normalized spacial score (nSPS) is 15.8. The minimum absolute atomic E-state index is 0.257. The average Bonchev–Trinajstić information content (AvgIpc) is 2.46. The van der Waals surface area contributed by atoms with Gasteiger partial charge in [0.1, 0.15) is 0 Å². The molecule has 21 heavy (non-hydrogen) atoms. The zero-order valence-electron chi connectivity index (χ0n) is 12.1. The van der Waals surface area contributed by atoms with Crippen molar-refractivity contribution >= 4 is 27.3 Å². The molecule has 7 heteroatoms. The van der Waals surface area contributed by atoms with Crippen molar-refractivity contribution in [3.05, 3.63) is 24.3 Å².